The monoisotopic (exact) mass is 289 g/mol. The lowest BCUT2D eigenvalue weighted by atomic mass is 9.77. The Hall–Kier alpha value is -1.37. The number of nitrogens with two attached hydrogens (primary N) is 2. The van der Waals surface area contributed by atoms with Gasteiger partial charge in [0.1, 0.15) is 0 Å². The molecule has 1 aliphatic rings. The Morgan fingerprint density at radius 3 is 2.33 bits per heavy atom. The summed E-state index contributed by atoms with van der Waals surface area (Å²) in [7, 11) is -0.471. The van der Waals surface area contributed by atoms with Gasteiger partial charge in [-0.15, -0.1) is 0 Å². The molecule has 0 amide bonds. The van der Waals surface area contributed by atoms with Crippen molar-refractivity contribution in [2.75, 3.05) is 12.3 Å². The summed E-state index contributed by atoms with van der Waals surface area (Å²) in [5, 5.41) is 0. The summed E-state index contributed by atoms with van der Waals surface area (Å²) in [6.07, 6.45) is 1.87. The number of anilines is 1. The van der Waals surface area contributed by atoms with Crippen LogP contribution < -0.4 is 11.5 Å². The highest BCUT2D eigenvalue weighted by molar-refractivity contribution is 6.55. The summed E-state index contributed by atoms with van der Waals surface area (Å²) in [4.78, 5) is 4.44. The number of aryl methyl sites for hydroxylation is 1. The van der Waals surface area contributed by atoms with Crippen LogP contribution in [0.2, 0.25) is 0 Å². The number of hydrogen-bond donors (Lipinski definition) is 2. The quantitative estimate of drug-likeness (QED) is 0.831. The third kappa shape index (κ3) is 3.12. The van der Waals surface area contributed by atoms with Gasteiger partial charge in [-0.2, -0.15) is 0 Å². The zero-order chi connectivity index (χ0) is 15.8. The molecule has 1 saturated heterocycles. The third-order valence-corrected chi connectivity index (χ3v) is 4.21. The van der Waals surface area contributed by atoms with Crippen molar-refractivity contribution < 1.29 is 9.31 Å². The summed E-state index contributed by atoms with van der Waals surface area (Å²) in [6, 6.07) is 3.72. The maximum atomic E-state index is 6.02. The van der Waals surface area contributed by atoms with Crippen LogP contribution in [-0.4, -0.2) is 29.8 Å². The van der Waals surface area contributed by atoms with E-state index in [-0.39, 0.29) is 0 Å². The third-order valence-electron chi connectivity index (χ3n) is 4.21. The average Bonchev–Trinajstić information content (AvgIpc) is 2.59. The van der Waals surface area contributed by atoms with E-state index in [1.165, 1.54) is 0 Å². The minimum Gasteiger partial charge on any atom is -0.400 e. The highest BCUT2D eigenvalue weighted by Crippen LogP contribution is 2.38. The van der Waals surface area contributed by atoms with Gasteiger partial charge < -0.3 is 20.8 Å². The average molecular weight is 289 g/mol. The van der Waals surface area contributed by atoms with Crippen LogP contribution in [0.15, 0.2) is 17.6 Å². The van der Waals surface area contributed by atoms with Crippen LogP contribution >= 0.6 is 0 Å². The molecule has 1 fully saturated rings. The second kappa shape index (κ2) is 5.44. The van der Waals surface area contributed by atoms with E-state index in [4.69, 9.17) is 20.8 Å². The summed E-state index contributed by atoms with van der Waals surface area (Å²) in [6.45, 7) is 10.3. The zero-order valence-corrected chi connectivity index (χ0v) is 13.4. The second-order valence-electron chi connectivity index (χ2n) is 6.44. The number of rotatable bonds is 3. The Balaban J connectivity index is 2.33. The van der Waals surface area contributed by atoms with E-state index >= 15 is 0 Å². The first-order chi connectivity index (χ1) is 9.66. The first-order valence-corrected chi connectivity index (χ1v) is 7.15. The van der Waals surface area contributed by atoms with Crippen LogP contribution in [0.4, 0.5) is 5.69 Å². The van der Waals surface area contributed by atoms with Crippen LogP contribution in [0.25, 0.3) is 6.08 Å². The van der Waals surface area contributed by atoms with Crippen molar-refractivity contribution in [2.24, 2.45) is 5.73 Å². The molecule has 0 aromatic carbocycles. The Kier molecular flexibility index (Phi) is 4.15. The number of nitrogens with zero attached hydrogens (tertiary/aromatic N) is 1. The van der Waals surface area contributed by atoms with Crippen LogP contribution in [0.1, 0.15) is 39.1 Å². The molecule has 0 saturated carbocycles. The second-order valence-corrected chi connectivity index (χ2v) is 6.44. The molecular formula is C15H24BN3O2. The molecular weight excluding hydrogens is 265 g/mol. The molecule has 0 spiro atoms. The molecule has 0 bridgehead atoms. The predicted molar refractivity (Wildman–Crippen MR) is 86.5 cm³/mol. The van der Waals surface area contributed by atoms with E-state index in [9.17, 15) is 0 Å². The summed E-state index contributed by atoms with van der Waals surface area (Å²) in [5.74, 6) is 0. The van der Waals surface area contributed by atoms with Crippen LogP contribution in [0, 0.1) is 6.92 Å². The van der Waals surface area contributed by atoms with Crippen molar-refractivity contribution in [3.8, 4) is 0 Å². The van der Waals surface area contributed by atoms with Crippen molar-refractivity contribution in [2.45, 2.75) is 45.8 Å². The van der Waals surface area contributed by atoms with Crippen molar-refractivity contribution in [3.05, 3.63) is 29.0 Å². The topological polar surface area (TPSA) is 83.4 Å². The van der Waals surface area contributed by atoms with Crippen LogP contribution in [0.3, 0.4) is 0 Å². The molecule has 21 heavy (non-hydrogen) atoms. The normalized spacial score (nSPS) is 20.9. The fourth-order valence-corrected chi connectivity index (χ4v) is 2.10. The Bertz CT molecular complexity index is 554. The molecule has 0 aliphatic carbocycles. The summed E-state index contributed by atoms with van der Waals surface area (Å²) < 4.78 is 12.0. The maximum Gasteiger partial charge on any atom is 0.491 e. The Labute approximate surface area is 126 Å². The number of aromatic nitrogens is 1. The van der Waals surface area contributed by atoms with E-state index in [1.807, 2.05) is 52.8 Å². The molecule has 5 nitrogen and oxygen atoms in total. The Morgan fingerprint density at radius 1 is 1.24 bits per heavy atom. The fraction of sp³-hybridized carbons (Fsp3) is 0.533. The van der Waals surface area contributed by atoms with Gasteiger partial charge in [-0.1, -0.05) is 0 Å². The minimum atomic E-state index is -0.471. The van der Waals surface area contributed by atoms with E-state index in [0.29, 0.717) is 17.9 Å². The van der Waals surface area contributed by atoms with Crippen molar-refractivity contribution >= 4 is 18.9 Å². The smallest absolute Gasteiger partial charge is 0.400 e. The first kappa shape index (κ1) is 16.0. The fourth-order valence-electron chi connectivity index (χ4n) is 2.10. The molecule has 2 heterocycles. The molecule has 2 rings (SSSR count). The molecule has 4 N–H and O–H groups in total. The predicted octanol–water partition coefficient (Wildman–Crippen LogP) is 1.95. The lowest BCUT2D eigenvalue weighted by Crippen LogP contribution is -2.41. The molecule has 6 heteroatoms. The van der Waals surface area contributed by atoms with Gasteiger partial charge >= 0.3 is 7.12 Å². The molecule has 1 aromatic heterocycles. The maximum absolute atomic E-state index is 6.02. The largest absolute Gasteiger partial charge is 0.491 e. The molecule has 1 aromatic rings. The molecule has 0 atom stereocenters. The van der Waals surface area contributed by atoms with Gasteiger partial charge in [-0.3, -0.25) is 4.98 Å². The van der Waals surface area contributed by atoms with E-state index < -0.39 is 18.3 Å². The van der Waals surface area contributed by atoms with Gasteiger partial charge in [0.15, 0.2) is 0 Å². The first-order valence-electron chi connectivity index (χ1n) is 7.15. The van der Waals surface area contributed by atoms with Crippen molar-refractivity contribution in [1.82, 2.24) is 4.98 Å². The zero-order valence-electron chi connectivity index (χ0n) is 13.4. The number of hydrogen-bond acceptors (Lipinski definition) is 5. The van der Waals surface area contributed by atoms with Gasteiger partial charge in [0.05, 0.1) is 22.6 Å². The number of pyridine rings is 1. The van der Waals surface area contributed by atoms with Crippen LogP contribution in [-0.2, 0) is 9.31 Å². The number of nitrogen functional groups attached to an aromatic ring is 1. The molecule has 114 valence electrons. The van der Waals surface area contributed by atoms with Gasteiger partial charge in [0, 0.05) is 12.2 Å². The van der Waals surface area contributed by atoms with E-state index in [1.54, 1.807) is 0 Å². The van der Waals surface area contributed by atoms with Crippen molar-refractivity contribution in [1.29, 1.82) is 0 Å². The van der Waals surface area contributed by atoms with Gasteiger partial charge in [-0.25, -0.2) is 0 Å². The van der Waals surface area contributed by atoms with Gasteiger partial charge in [0.25, 0.3) is 0 Å². The molecule has 1 aliphatic heterocycles. The standard InChI is InChI=1S/C15H24BN3O2/c1-10-6-7-12(18)13(19-10)8-11(9-17)16-20-14(2,3)15(4,5)21-16/h6-8H,9,17-18H2,1-5H3. The van der Waals surface area contributed by atoms with Crippen molar-refractivity contribution in [3.63, 3.8) is 0 Å². The van der Waals surface area contributed by atoms with E-state index in [0.717, 1.165) is 11.2 Å². The Morgan fingerprint density at radius 2 is 1.81 bits per heavy atom. The van der Waals surface area contributed by atoms with Crippen LogP contribution in [0.5, 0.6) is 0 Å². The minimum absolute atomic E-state index is 0.325. The molecule has 0 unspecified atom stereocenters. The van der Waals surface area contributed by atoms with E-state index in [2.05, 4.69) is 4.98 Å². The van der Waals surface area contributed by atoms with Gasteiger partial charge in [0.2, 0.25) is 0 Å². The highest BCUT2D eigenvalue weighted by atomic mass is 16.7. The summed E-state index contributed by atoms with van der Waals surface area (Å²) >= 11 is 0. The van der Waals surface area contributed by atoms with Gasteiger partial charge in [-0.05, 0) is 58.3 Å². The highest BCUT2D eigenvalue weighted by Gasteiger charge is 2.52. The lowest BCUT2D eigenvalue weighted by Gasteiger charge is -2.32. The lowest BCUT2D eigenvalue weighted by molar-refractivity contribution is 0.00578. The molecule has 0 radical (unpaired) electrons. The SMILES string of the molecule is Cc1ccc(N)c(C=C(CN)B2OC(C)(C)C(C)(C)O2)n1. The summed E-state index contributed by atoms with van der Waals surface area (Å²) in [5.41, 5.74) is 14.1.